The van der Waals surface area contributed by atoms with E-state index in [0.717, 1.165) is 10.9 Å². The van der Waals surface area contributed by atoms with E-state index < -0.39 is 26.3 Å². The van der Waals surface area contributed by atoms with Gasteiger partial charge in [-0.15, -0.1) is 11.8 Å². The molecule has 0 aliphatic heterocycles. The summed E-state index contributed by atoms with van der Waals surface area (Å²) in [5.74, 6) is -2.15. The van der Waals surface area contributed by atoms with E-state index in [4.69, 9.17) is 4.74 Å². The van der Waals surface area contributed by atoms with E-state index in [1.807, 2.05) is 12.3 Å². The normalized spacial score (nSPS) is 14.0. The van der Waals surface area contributed by atoms with Gasteiger partial charge >= 0.3 is 12.1 Å². The van der Waals surface area contributed by atoms with Crippen LogP contribution in [0.25, 0.3) is 0 Å². The Bertz CT molecular complexity index is 563. The number of hydrogen-bond acceptors (Lipinski definition) is 3. The van der Waals surface area contributed by atoms with Crippen LogP contribution in [-0.4, -0.2) is 26.5 Å². The molecule has 1 rings (SSSR count). The van der Waals surface area contributed by atoms with Gasteiger partial charge in [-0.05, 0) is 30.0 Å². The number of ether oxygens (including phenoxy) is 1. The fourth-order valence-electron chi connectivity index (χ4n) is 1.92. The summed E-state index contributed by atoms with van der Waals surface area (Å²) in [6.45, 7) is 6.62. The van der Waals surface area contributed by atoms with Crippen LogP contribution >= 0.6 is 11.8 Å². The van der Waals surface area contributed by atoms with Gasteiger partial charge in [-0.3, -0.25) is 0 Å². The number of hydrogen-bond donors (Lipinski definition) is 0. The van der Waals surface area contributed by atoms with Crippen molar-refractivity contribution >= 4 is 25.8 Å². The molecule has 0 saturated carbocycles. The molecule has 1 aromatic carbocycles. The molecule has 134 valence electrons. The third-order valence-corrected chi connectivity index (χ3v) is 5.42. The number of carbonyl (C=O) groups excluding carboxylic acids is 1. The van der Waals surface area contributed by atoms with Crippen molar-refractivity contribution in [3.05, 3.63) is 42.0 Å². The van der Waals surface area contributed by atoms with E-state index in [1.165, 1.54) is 11.8 Å². The number of thioether (sulfide) groups is 1. The van der Waals surface area contributed by atoms with E-state index in [2.05, 4.69) is 19.6 Å². The van der Waals surface area contributed by atoms with Gasteiger partial charge in [-0.25, -0.2) is 4.79 Å². The Hall–Kier alpha value is -1.21. The summed E-state index contributed by atoms with van der Waals surface area (Å²) in [6, 6.07) is 7.94. The molecule has 0 spiro atoms. The van der Waals surface area contributed by atoms with Crippen molar-refractivity contribution in [1.29, 1.82) is 0 Å². The second-order valence-corrected chi connectivity index (χ2v) is 13.0. The minimum atomic E-state index is -4.99. The van der Waals surface area contributed by atoms with E-state index in [-0.39, 0.29) is 6.42 Å². The van der Waals surface area contributed by atoms with E-state index in [0.29, 0.717) is 5.56 Å². The molecule has 0 amide bonds. The Kier molecular flexibility index (Phi) is 7.60. The Morgan fingerprint density at radius 1 is 1.21 bits per heavy atom. The molecule has 0 aliphatic carbocycles. The van der Waals surface area contributed by atoms with Crippen LogP contribution in [0.5, 0.6) is 0 Å². The number of allylic oxidation sites excluding steroid dienone is 1. The number of rotatable bonds is 7. The van der Waals surface area contributed by atoms with Crippen LogP contribution in [-0.2, 0) is 9.53 Å². The zero-order valence-corrected chi connectivity index (χ0v) is 16.1. The highest BCUT2D eigenvalue weighted by molar-refractivity contribution is 7.98. The highest BCUT2D eigenvalue weighted by Gasteiger charge is 2.42. The topological polar surface area (TPSA) is 26.3 Å². The van der Waals surface area contributed by atoms with Crippen molar-refractivity contribution in [2.45, 2.75) is 49.3 Å². The molecule has 1 atom stereocenters. The largest absolute Gasteiger partial charge is 0.490 e. The van der Waals surface area contributed by atoms with Gasteiger partial charge in [0, 0.05) is 19.4 Å². The van der Waals surface area contributed by atoms with Crippen LogP contribution < -0.4 is 0 Å². The lowest BCUT2D eigenvalue weighted by molar-refractivity contribution is -0.205. The van der Waals surface area contributed by atoms with Gasteiger partial charge in [0.15, 0.2) is 0 Å². The van der Waals surface area contributed by atoms with Crippen LogP contribution in [0, 0.1) is 0 Å². The van der Waals surface area contributed by atoms with Crippen LogP contribution in [0.15, 0.2) is 41.3 Å². The lowest BCUT2D eigenvalue weighted by atomic mass is 10.1. The van der Waals surface area contributed by atoms with E-state index in [9.17, 15) is 18.0 Å². The van der Waals surface area contributed by atoms with Gasteiger partial charge in [-0.2, -0.15) is 13.2 Å². The molecule has 0 radical (unpaired) electrons. The molecule has 2 nitrogen and oxygen atoms in total. The molecule has 0 aliphatic rings. The van der Waals surface area contributed by atoms with Crippen molar-refractivity contribution in [1.82, 2.24) is 0 Å². The highest BCUT2D eigenvalue weighted by atomic mass is 32.2. The standard InChI is InChI=1S/C17H23F3O2SSi/c1-23-14-10-8-13(9-11-14)15(22-16(21)17(18,19)20)7-5-6-12-24(2,3)4/h5-6,8-11,15H,7,12H2,1-4H3/b6-5+. The van der Waals surface area contributed by atoms with Crippen LogP contribution in [0.1, 0.15) is 18.1 Å². The summed E-state index contributed by atoms with van der Waals surface area (Å²) < 4.78 is 42.2. The molecule has 0 N–H and O–H groups in total. The van der Waals surface area contributed by atoms with Crippen LogP contribution in [0.4, 0.5) is 13.2 Å². The van der Waals surface area contributed by atoms with Crippen molar-refractivity contribution in [3.8, 4) is 0 Å². The number of benzene rings is 1. The third kappa shape index (κ3) is 7.57. The average molecular weight is 377 g/mol. The molecular weight excluding hydrogens is 353 g/mol. The molecular formula is C17H23F3O2SSi. The fourth-order valence-corrected chi connectivity index (χ4v) is 3.21. The first kappa shape index (κ1) is 20.8. The first-order chi connectivity index (χ1) is 11.0. The predicted octanol–water partition coefficient (Wildman–Crippen LogP) is 5.84. The molecule has 1 aromatic rings. The number of carbonyl (C=O) groups is 1. The second kappa shape index (κ2) is 8.76. The Morgan fingerprint density at radius 3 is 2.25 bits per heavy atom. The molecule has 0 aromatic heterocycles. The summed E-state index contributed by atoms with van der Waals surface area (Å²) in [6.07, 6.45) is -0.0148. The molecule has 0 bridgehead atoms. The van der Waals surface area contributed by atoms with Crippen LogP contribution in [0.2, 0.25) is 25.7 Å². The van der Waals surface area contributed by atoms with Crippen molar-refractivity contribution in [3.63, 3.8) is 0 Å². The fraction of sp³-hybridized carbons (Fsp3) is 0.471. The lowest BCUT2D eigenvalue weighted by Gasteiger charge is -2.18. The minimum Gasteiger partial charge on any atom is -0.451 e. The Morgan fingerprint density at radius 2 is 1.79 bits per heavy atom. The van der Waals surface area contributed by atoms with Crippen molar-refractivity contribution in [2.24, 2.45) is 0 Å². The maximum Gasteiger partial charge on any atom is 0.490 e. The summed E-state index contributed by atoms with van der Waals surface area (Å²) in [5.41, 5.74) is 0.558. The maximum atomic E-state index is 12.5. The summed E-state index contributed by atoms with van der Waals surface area (Å²) >= 11 is 1.53. The smallest absolute Gasteiger partial charge is 0.451 e. The molecule has 24 heavy (non-hydrogen) atoms. The number of esters is 1. The van der Waals surface area contributed by atoms with Gasteiger partial charge < -0.3 is 4.74 Å². The van der Waals surface area contributed by atoms with E-state index in [1.54, 1.807) is 30.3 Å². The lowest BCUT2D eigenvalue weighted by Crippen LogP contribution is -2.27. The van der Waals surface area contributed by atoms with Crippen molar-refractivity contribution in [2.75, 3.05) is 6.26 Å². The minimum absolute atomic E-state index is 0.227. The summed E-state index contributed by atoms with van der Waals surface area (Å²) in [5, 5.41) is 0. The monoisotopic (exact) mass is 376 g/mol. The molecule has 1 unspecified atom stereocenters. The SMILES string of the molecule is CSc1ccc(C(C/C=C/C[Si](C)(C)C)OC(=O)C(F)(F)F)cc1. The maximum absolute atomic E-state index is 12.5. The molecule has 0 heterocycles. The highest BCUT2D eigenvalue weighted by Crippen LogP contribution is 2.28. The van der Waals surface area contributed by atoms with Gasteiger partial charge in [0.25, 0.3) is 0 Å². The van der Waals surface area contributed by atoms with Crippen LogP contribution in [0.3, 0.4) is 0 Å². The van der Waals surface area contributed by atoms with Gasteiger partial charge in [0.05, 0.1) is 0 Å². The first-order valence-electron chi connectivity index (χ1n) is 7.59. The quantitative estimate of drug-likeness (QED) is 0.259. The zero-order valence-electron chi connectivity index (χ0n) is 14.3. The second-order valence-electron chi connectivity index (χ2n) is 6.64. The Balaban J connectivity index is 2.88. The number of alkyl halides is 3. The summed E-state index contributed by atoms with van der Waals surface area (Å²) in [7, 11) is -1.26. The zero-order chi connectivity index (χ0) is 18.4. The van der Waals surface area contributed by atoms with Crippen molar-refractivity contribution < 1.29 is 22.7 Å². The predicted molar refractivity (Wildman–Crippen MR) is 95.0 cm³/mol. The van der Waals surface area contributed by atoms with Gasteiger partial charge in [0.1, 0.15) is 6.10 Å². The van der Waals surface area contributed by atoms with Gasteiger partial charge in [0.2, 0.25) is 0 Å². The first-order valence-corrected chi connectivity index (χ1v) is 12.5. The average Bonchev–Trinajstić information content (AvgIpc) is 2.48. The van der Waals surface area contributed by atoms with Gasteiger partial charge in [-0.1, -0.05) is 43.9 Å². The summed E-state index contributed by atoms with van der Waals surface area (Å²) in [4.78, 5) is 12.2. The Labute approximate surface area is 146 Å². The molecule has 7 heteroatoms. The molecule has 0 fully saturated rings. The third-order valence-electron chi connectivity index (χ3n) is 3.22. The molecule has 0 saturated heterocycles. The number of halogens is 3. The van der Waals surface area contributed by atoms with E-state index >= 15 is 0 Å².